The molecular formula is C15H17BrN2O3. The zero-order valence-corrected chi connectivity index (χ0v) is 13.8. The summed E-state index contributed by atoms with van der Waals surface area (Å²) in [6.07, 6.45) is 0.758. The van der Waals surface area contributed by atoms with E-state index in [1.807, 2.05) is 20.8 Å². The van der Waals surface area contributed by atoms with Crippen LogP contribution in [0.4, 0.5) is 0 Å². The van der Waals surface area contributed by atoms with Gasteiger partial charge in [-0.3, -0.25) is 19.3 Å². The summed E-state index contributed by atoms with van der Waals surface area (Å²) in [7, 11) is 0. The second-order valence-corrected chi connectivity index (χ2v) is 6.59. The summed E-state index contributed by atoms with van der Waals surface area (Å²) < 4.78 is 0.723. The first-order chi connectivity index (χ1) is 9.75. The van der Waals surface area contributed by atoms with Crippen LogP contribution in [0.1, 0.15) is 47.9 Å². The van der Waals surface area contributed by atoms with Gasteiger partial charge in [0.25, 0.3) is 11.8 Å². The van der Waals surface area contributed by atoms with Crippen LogP contribution in [0, 0.1) is 0 Å². The van der Waals surface area contributed by atoms with Crippen molar-refractivity contribution in [3.05, 3.63) is 33.8 Å². The minimum Gasteiger partial charge on any atom is -0.350 e. The number of nitrogens with zero attached hydrogens (tertiary/aromatic N) is 1. The molecule has 1 N–H and O–H groups in total. The molecule has 0 aromatic heterocycles. The van der Waals surface area contributed by atoms with Crippen molar-refractivity contribution < 1.29 is 14.4 Å². The molecule has 0 bridgehead atoms. The third kappa shape index (κ3) is 3.15. The highest BCUT2D eigenvalue weighted by Crippen LogP contribution is 2.25. The molecule has 0 aliphatic carbocycles. The van der Waals surface area contributed by atoms with E-state index >= 15 is 0 Å². The van der Waals surface area contributed by atoms with Gasteiger partial charge in [-0.15, -0.1) is 0 Å². The summed E-state index contributed by atoms with van der Waals surface area (Å²) in [4.78, 5) is 37.4. The second-order valence-electron chi connectivity index (χ2n) is 5.67. The molecule has 1 aromatic rings. The zero-order valence-electron chi connectivity index (χ0n) is 12.2. The normalized spacial score (nSPS) is 14.4. The number of halogens is 1. The van der Waals surface area contributed by atoms with Gasteiger partial charge in [0.2, 0.25) is 5.91 Å². The third-order valence-electron chi connectivity index (χ3n) is 3.60. The van der Waals surface area contributed by atoms with Crippen LogP contribution in [0.2, 0.25) is 0 Å². The molecule has 0 unspecified atom stereocenters. The molecule has 1 aliphatic rings. The van der Waals surface area contributed by atoms with Crippen molar-refractivity contribution in [1.82, 2.24) is 10.2 Å². The lowest BCUT2D eigenvalue weighted by atomic mass is 10.0. The molecule has 2 rings (SSSR count). The van der Waals surface area contributed by atoms with E-state index in [4.69, 9.17) is 0 Å². The maximum atomic E-state index is 12.2. The van der Waals surface area contributed by atoms with Crippen LogP contribution in [0.3, 0.4) is 0 Å². The molecule has 0 saturated carbocycles. The number of nitrogens with one attached hydrogen (secondary N) is 1. The molecule has 21 heavy (non-hydrogen) atoms. The Morgan fingerprint density at radius 2 is 1.86 bits per heavy atom. The van der Waals surface area contributed by atoms with Gasteiger partial charge in [0.1, 0.15) is 6.54 Å². The number of hydrogen-bond acceptors (Lipinski definition) is 3. The molecule has 1 heterocycles. The summed E-state index contributed by atoms with van der Waals surface area (Å²) in [5.41, 5.74) is 0.307. The highest BCUT2D eigenvalue weighted by molar-refractivity contribution is 9.10. The molecule has 0 saturated heterocycles. The van der Waals surface area contributed by atoms with Crippen LogP contribution < -0.4 is 5.32 Å². The lowest BCUT2D eigenvalue weighted by Crippen LogP contribution is -2.48. The van der Waals surface area contributed by atoms with Crippen LogP contribution in [0.25, 0.3) is 0 Å². The van der Waals surface area contributed by atoms with Gasteiger partial charge in [-0.25, -0.2) is 0 Å². The fraction of sp³-hybridized carbons (Fsp3) is 0.400. The molecule has 112 valence electrons. The van der Waals surface area contributed by atoms with Gasteiger partial charge in [-0.05, 0) is 38.5 Å². The molecule has 3 amide bonds. The number of rotatable bonds is 4. The number of fused-ring (bicyclic) bond motifs is 1. The zero-order chi connectivity index (χ0) is 15.8. The predicted molar refractivity (Wildman–Crippen MR) is 82.0 cm³/mol. The van der Waals surface area contributed by atoms with E-state index < -0.39 is 11.8 Å². The fourth-order valence-electron chi connectivity index (χ4n) is 2.06. The van der Waals surface area contributed by atoms with Crippen molar-refractivity contribution in [2.24, 2.45) is 0 Å². The average molecular weight is 353 g/mol. The maximum absolute atomic E-state index is 12.2. The molecule has 0 atom stereocenters. The first-order valence-corrected chi connectivity index (χ1v) is 7.51. The molecule has 1 aromatic carbocycles. The monoisotopic (exact) mass is 352 g/mol. The summed E-state index contributed by atoms with van der Waals surface area (Å²) in [6, 6.07) is 4.89. The Kier molecular flexibility index (Phi) is 4.18. The number of carbonyl (C=O) groups is 3. The number of amides is 3. The van der Waals surface area contributed by atoms with Gasteiger partial charge in [0.05, 0.1) is 11.1 Å². The van der Waals surface area contributed by atoms with E-state index in [9.17, 15) is 14.4 Å². The minimum absolute atomic E-state index is 0.257. The molecule has 5 nitrogen and oxygen atoms in total. The summed E-state index contributed by atoms with van der Waals surface area (Å²) in [5, 5.41) is 2.82. The van der Waals surface area contributed by atoms with Crippen molar-refractivity contribution in [2.45, 2.75) is 32.7 Å². The smallest absolute Gasteiger partial charge is 0.262 e. The highest BCUT2D eigenvalue weighted by atomic mass is 79.9. The largest absolute Gasteiger partial charge is 0.350 e. The SMILES string of the molecule is CCC(C)(C)NC(=O)CN1C(=O)c2ccc(Br)cc2C1=O. The molecule has 0 radical (unpaired) electrons. The topological polar surface area (TPSA) is 66.5 Å². The van der Waals surface area contributed by atoms with Gasteiger partial charge in [-0.2, -0.15) is 0 Å². The highest BCUT2D eigenvalue weighted by Gasteiger charge is 2.37. The Bertz CT molecular complexity index is 625. The molecular weight excluding hydrogens is 336 g/mol. The van der Waals surface area contributed by atoms with E-state index in [-0.39, 0.29) is 18.0 Å². The van der Waals surface area contributed by atoms with Crippen molar-refractivity contribution >= 4 is 33.7 Å². The van der Waals surface area contributed by atoms with Gasteiger partial charge < -0.3 is 5.32 Å². The molecule has 0 spiro atoms. The minimum atomic E-state index is -0.430. The Labute approximate surface area is 131 Å². The van der Waals surface area contributed by atoms with E-state index in [0.717, 1.165) is 15.8 Å². The second kappa shape index (κ2) is 5.60. The van der Waals surface area contributed by atoms with E-state index in [1.165, 1.54) is 0 Å². The van der Waals surface area contributed by atoms with Crippen molar-refractivity contribution in [3.63, 3.8) is 0 Å². The summed E-state index contributed by atoms with van der Waals surface area (Å²) in [5.74, 6) is -1.19. The van der Waals surface area contributed by atoms with E-state index in [2.05, 4.69) is 21.2 Å². The van der Waals surface area contributed by atoms with Crippen LogP contribution >= 0.6 is 15.9 Å². The Hall–Kier alpha value is -1.69. The fourth-order valence-corrected chi connectivity index (χ4v) is 2.42. The van der Waals surface area contributed by atoms with Crippen molar-refractivity contribution in [2.75, 3.05) is 6.54 Å². The van der Waals surface area contributed by atoms with Crippen LogP contribution in [0.5, 0.6) is 0 Å². The van der Waals surface area contributed by atoms with E-state index in [0.29, 0.717) is 11.1 Å². The quantitative estimate of drug-likeness (QED) is 0.845. The molecule has 6 heteroatoms. The number of benzene rings is 1. The Morgan fingerprint density at radius 1 is 1.24 bits per heavy atom. The lowest BCUT2D eigenvalue weighted by molar-refractivity contribution is -0.123. The van der Waals surface area contributed by atoms with Crippen molar-refractivity contribution in [1.29, 1.82) is 0 Å². The first-order valence-electron chi connectivity index (χ1n) is 6.72. The Balaban J connectivity index is 2.15. The summed E-state index contributed by atoms with van der Waals surface area (Å²) in [6.45, 7) is 5.49. The predicted octanol–water partition coefficient (Wildman–Crippen LogP) is 2.35. The molecule has 0 fully saturated rings. The van der Waals surface area contributed by atoms with Gasteiger partial charge >= 0.3 is 0 Å². The Morgan fingerprint density at radius 3 is 2.48 bits per heavy atom. The van der Waals surface area contributed by atoms with Gasteiger partial charge in [0.15, 0.2) is 0 Å². The lowest BCUT2D eigenvalue weighted by Gasteiger charge is -2.25. The van der Waals surface area contributed by atoms with Crippen LogP contribution in [-0.4, -0.2) is 34.7 Å². The third-order valence-corrected chi connectivity index (χ3v) is 4.09. The number of imide groups is 1. The number of carbonyl (C=O) groups excluding carboxylic acids is 3. The van der Waals surface area contributed by atoms with E-state index in [1.54, 1.807) is 18.2 Å². The van der Waals surface area contributed by atoms with Gasteiger partial charge in [0, 0.05) is 10.0 Å². The first kappa shape index (κ1) is 15.7. The average Bonchev–Trinajstić information content (AvgIpc) is 2.63. The number of hydrogen-bond donors (Lipinski definition) is 1. The van der Waals surface area contributed by atoms with Crippen molar-refractivity contribution in [3.8, 4) is 0 Å². The van der Waals surface area contributed by atoms with Gasteiger partial charge in [-0.1, -0.05) is 22.9 Å². The summed E-state index contributed by atoms with van der Waals surface area (Å²) >= 11 is 3.27. The van der Waals surface area contributed by atoms with Crippen LogP contribution in [0.15, 0.2) is 22.7 Å². The van der Waals surface area contributed by atoms with Crippen LogP contribution in [-0.2, 0) is 4.79 Å². The standard InChI is InChI=1S/C15H17BrN2O3/c1-4-15(2,3)17-12(19)8-18-13(20)10-6-5-9(16)7-11(10)14(18)21/h5-7H,4,8H2,1-3H3,(H,17,19). The molecule has 1 aliphatic heterocycles. The maximum Gasteiger partial charge on any atom is 0.262 e.